The molecular weight excluding hydrogens is 694 g/mol. The zero-order valence-electron chi connectivity index (χ0n) is 27.1. The molecule has 0 fully saturated rings. The third-order valence-electron chi connectivity index (χ3n) is 8.01. The van der Waals surface area contributed by atoms with Crippen molar-refractivity contribution in [2.75, 3.05) is 27.4 Å². The molecule has 2 heterocycles. The molecule has 7 rings (SSSR count). The number of hydrogen-bond acceptors (Lipinski definition) is 12. The number of hydrogen-bond donors (Lipinski definition) is 2. The van der Waals surface area contributed by atoms with Gasteiger partial charge in [0, 0.05) is 27.6 Å². The number of aromatic nitrogens is 6. The van der Waals surface area contributed by atoms with Crippen LogP contribution in [0.1, 0.15) is 53.4 Å². The predicted octanol–water partition coefficient (Wildman–Crippen LogP) is 1.58. The smallest absolute Gasteiger partial charge is 0.220 e. The van der Waals surface area contributed by atoms with E-state index in [0.717, 1.165) is 21.5 Å². The summed E-state index contributed by atoms with van der Waals surface area (Å²) in [5.41, 5.74) is -3.34. The molecule has 0 aliphatic heterocycles. The number of quaternary nitrogens is 1. The van der Waals surface area contributed by atoms with Crippen LogP contribution in [0.15, 0.2) is 85.9 Å². The molecule has 6 aromatic rings. The van der Waals surface area contributed by atoms with E-state index in [-0.39, 0.29) is 80.0 Å². The van der Waals surface area contributed by atoms with Crippen molar-refractivity contribution in [3.05, 3.63) is 141 Å². The highest BCUT2D eigenvalue weighted by molar-refractivity contribution is 6.26. The van der Waals surface area contributed by atoms with Crippen LogP contribution in [0.25, 0.3) is 21.8 Å². The summed E-state index contributed by atoms with van der Waals surface area (Å²) in [4.78, 5) is 74.9. The first-order chi connectivity index (χ1) is 24.3. The highest BCUT2D eigenvalue weighted by atomic mass is 16.7. The topological polar surface area (TPSA) is 235 Å². The summed E-state index contributed by atoms with van der Waals surface area (Å²) in [7, 11) is 2.91. The molecule has 18 heteroatoms. The lowest BCUT2D eigenvalue weighted by Gasteiger charge is -2.33. The Bertz CT molecular complexity index is 2550. The van der Waals surface area contributed by atoms with E-state index in [2.05, 4.69) is 10.2 Å². The Balaban J connectivity index is 0.000000228. The van der Waals surface area contributed by atoms with Gasteiger partial charge in [-0.25, -0.2) is 9.78 Å². The lowest BCUT2D eigenvalue weighted by molar-refractivity contribution is -0.840. The summed E-state index contributed by atoms with van der Waals surface area (Å²) in [5, 5.41) is 38.6. The normalized spacial score (nSPS) is 12.0. The predicted molar refractivity (Wildman–Crippen MR) is 191 cm³/mol. The summed E-state index contributed by atoms with van der Waals surface area (Å²) in [6.07, 6.45) is 0.312. The summed E-state index contributed by atoms with van der Waals surface area (Å²) in [5.74, 6) is -0.292. The first-order valence-corrected chi connectivity index (χ1v) is 15.3. The van der Waals surface area contributed by atoms with Gasteiger partial charge in [-0.15, -0.1) is 0 Å². The molecule has 0 saturated carbocycles. The Labute approximate surface area is 299 Å². The van der Waals surface area contributed by atoms with E-state index < -0.39 is 48.7 Å². The van der Waals surface area contributed by atoms with Gasteiger partial charge in [0.15, 0.2) is 30.1 Å². The van der Waals surface area contributed by atoms with Gasteiger partial charge >= 0.3 is 0 Å². The monoisotopic (exact) mass is 731 g/mol. The van der Waals surface area contributed by atoms with Crippen LogP contribution in [0.2, 0.25) is 0 Å². The number of hydroxylamine groups is 3. The van der Waals surface area contributed by atoms with E-state index in [1.165, 1.54) is 20.2 Å². The van der Waals surface area contributed by atoms with Crippen molar-refractivity contribution in [3.63, 3.8) is 0 Å². The van der Waals surface area contributed by atoms with Crippen LogP contribution in [-0.2, 0) is 18.0 Å². The maximum atomic E-state index is 12.7. The first-order valence-electron chi connectivity index (χ1n) is 15.3. The van der Waals surface area contributed by atoms with E-state index in [1.54, 1.807) is 30.3 Å². The van der Waals surface area contributed by atoms with Crippen molar-refractivity contribution in [1.82, 2.24) is 24.5 Å². The minimum absolute atomic E-state index is 0. The number of benzene rings is 4. The van der Waals surface area contributed by atoms with Gasteiger partial charge in [0.1, 0.15) is 16.8 Å². The summed E-state index contributed by atoms with van der Waals surface area (Å²) in [6.45, 7) is -0.134. The number of carbonyl (C=O) groups is 2. The van der Waals surface area contributed by atoms with E-state index >= 15 is 0 Å². The molecule has 53 heavy (non-hydrogen) atoms. The maximum absolute atomic E-state index is 12.7. The second kappa shape index (κ2) is 15.4. The SMILES string of the molecule is C.C.C[N+](C)([O-])CCCn1c2c(=O)c3c(=O)ccc(=O)c3c(=O)c2[nH]n1O.O=C1c2ccccc2C(=O)c2c1n[n+]([O-])n2COCOc1ccccc1. The minimum Gasteiger partial charge on any atom is -0.633 e. The number of aryl methyl sites for hydroxylation is 1. The molecule has 0 saturated heterocycles. The largest absolute Gasteiger partial charge is 0.633 e. The van der Waals surface area contributed by atoms with Crippen molar-refractivity contribution in [2.45, 2.75) is 34.5 Å². The third-order valence-corrected chi connectivity index (χ3v) is 8.01. The van der Waals surface area contributed by atoms with Crippen molar-refractivity contribution < 1.29 is 33.9 Å². The Morgan fingerprint density at radius 1 is 0.849 bits per heavy atom. The number of ketones is 2. The molecule has 0 bridgehead atoms. The quantitative estimate of drug-likeness (QED) is 0.0410. The number of nitrogens with one attached hydrogen (secondary N) is 1. The molecule has 0 unspecified atom stereocenters. The number of para-hydroxylation sites is 1. The number of rotatable bonds is 9. The third kappa shape index (κ3) is 7.45. The highest BCUT2D eigenvalue weighted by Gasteiger charge is 2.39. The number of nitrogens with zero attached hydrogens (tertiary/aromatic N) is 6. The molecule has 278 valence electrons. The number of ether oxygens (including phenoxy) is 2. The van der Waals surface area contributed by atoms with Gasteiger partial charge in [-0.3, -0.25) is 28.8 Å². The molecule has 0 amide bonds. The van der Waals surface area contributed by atoms with Crippen molar-refractivity contribution in [1.29, 1.82) is 0 Å². The van der Waals surface area contributed by atoms with Crippen LogP contribution in [0.3, 0.4) is 0 Å². The van der Waals surface area contributed by atoms with Gasteiger partial charge in [-0.2, -0.15) is 0 Å². The summed E-state index contributed by atoms with van der Waals surface area (Å²) >= 11 is 0. The van der Waals surface area contributed by atoms with Gasteiger partial charge in [-0.1, -0.05) is 67.0 Å². The van der Waals surface area contributed by atoms with Gasteiger partial charge in [-0.05, 0) is 24.3 Å². The lowest BCUT2D eigenvalue weighted by atomic mass is 9.90. The molecule has 0 spiro atoms. The van der Waals surface area contributed by atoms with Crippen molar-refractivity contribution >= 4 is 33.4 Å². The molecule has 0 atom stereocenters. The van der Waals surface area contributed by atoms with E-state index in [0.29, 0.717) is 17.1 Å². The standard InChI is InChI=1S/C18H13N3O5.C15H16N4O6.2CH4/c22-17-13-8-4-5-9-14(13)18(23)16-15(17)19-21(24)20(16)10-25-11-26-12-6-2-1-3-7-12;1-19(2,25)7-3-6-17-13-12(16-18(17)24)14(22)10-8(20)4-5-9(21)11(10)15(13)23;;/h1-9H,10-11H2;4-5,16,24H,3,6-7H2,1-2H3;2*1H4. The molecule has 1 aliphatic carbocycles. The first kappa shape index (κ1) is 39.3. The molecule has 2 aromatic heterocycles. The van der Waals surface area contributed by atoms with E-state index in [1.807, 2.05) is 18.2 Å². The Morgan fingerprint density at radius 2 is 1.43 bits per heavy atom. The van der Waals surface area contributed by atoms with Crippen molar-refractivity contribution in [2.24, 2.45) is 0 Å². The van der Waals surface area contributed by atoms with E-state index in [4.69, 9.17) is 9.47 Å². The maximum Gasteiger partial charge on any atom is 0.220 e. The Morgan fingerprint density at radius 3 is 2.06 bits per heavy atom. The second-order valence-corrected chi connectivity index (χ2v) is 11.9. The van der Waals surface area contributed by atoms with Gasteiger partial charge < -0.3 is 29.7 Å². The van der Waals surface area contributed by atoms with Crippen LogP contribution >= 0.6 is 0 Å². The fraction of sp³-hybridized carbons (Fsp3) is 0.257. The van der Waals surface area contributed by atoms with Gasteiger partial charge in [0.25, 0.3) is 0 Å². The number of carbonyl (C=O) groups excluding carboxylic acids is 2. The number of fused-ring (bicyclic) bond motifs is 4. The van der Waals surface area contributed by atoms with Crippen LogP contribution in [-0.4, -0.2) is 73.4 Å². The van der Waals surface area contributed by atoms with Crippen molar-refractivity contribution in [3.8, 4) is 5.75 Å². The molecular formula is C35H37N7O11. The van der Waals surface area contributed by atoms with Crippen LogP contribution in [0, 0.1) is 10.4 Å². The lowest BCUT2D eigenvalue weighted by Crippen LogP contribution is -2.42. The summed E-state index contributed by atoms with van der Waals surface area (Å²) in [6, 6.07) is 17.3. The molecule has 4 aromatic carbocycles. The number of H-pyrrole nitrogens is 1. The minimum atomic E-state index is -0.825. The van der Waals surface area contributed by atoms with Crippen LogP contribution in [0.4, 0.5) is 0 Å². The van der Waals surface area contributed by atoms with Gasteiger partial charge in [0.05, 0.1) is 38.0 Å². The van der Waals surface area contributed by atoms with E-state index in [9.17, 15) is 44.4 Å². The fourth-order valence-corrected chi connectivity index (χ4v) is 5.66. The zero-order valence-corrected chi connectivity index (χ0v) is 27.1. The van der Waals surface area contributed by atoms with Crippen LogP contribution in [0.5, 0.6) is 5.75 Å². The Hall–Kier alpha value is -6.50. The summed E-state index contributed by atoms with van der Waals surface area (Å²) < 4.78 is 12.2. The number of aromatic amines is 1. The molecule has 0 radical (unpaired) electrons. The van der Waals surface area contributed by atoms with Crippen LogP contribution < -0.4 is 31.4 Å². The Kier molecular flexibility index (Phi) is 11.4. The molecule has 18 nitrogen and oxygen atoms in total. The highest BCUT2D eigenvalue weighted by Crippen LogP contribution is 2.25. The molecule has 2 N–H and O–H groups in total. The fourth-order valence-electron chi connectivity index (χ4n) is 5.66. The second-order valence-electron chi connectivity index (χ2n) is 11.9. The molecule has 1 aliphatic rings. The zero-order chi connectivity index (χ0) is 36.6. The van der Waals surface area contributed by atoms with Gasteiger partial charge in [0.2, 0.25) is 28.1 Å². The average molecular weight is 732 g/mol. The average Bonchev–Trinajstić information content (AvgIpc) is 3.62.